The van der Waals surface area contributed by atoms with Gasteiger partial charge in [0.05, 0.1) is 13.7 Å². The molecule has 4 nitrogen and oxygen atoms in total. The number of ether oxygens (including phenoxy) is 2. The van der Waals surface area contributed by atoms with Crippen LogP contribution in [-0.4, -0.2) is 33.3 Å². The number of rotatable bonds is 5. The Labute approximate surface area is 136 Å². The maximum absolute atomic E-state index is 12.7. The summed E-state index contributed by atoms with van der Waals surface area (Å²) < 4.78 is 10.3. The van der Waals surface area contributed by atoms with E-state index < -0.39 is 0 Å². The molecule has 0 aromatic heterocycles. The summed E-state index contributed by atoms with van der Waals surface area (Å²) >= 11 is 0. The first-order valence-corrected chi connectivity index (χ1v) is 7.79. The van der Waals surface area contributed by atoms with Crippen LogP contribution in [-0.2, 0) is 17.6 Å². The number of benzene rings is 2. The van der Waals surface area contributed by atoms with Crippen molar-refractivity contribution in [3.8, 4) is 5.75 Å². The smallest absolute Gasteiger partial charge is 0.258 e. The Morgan fingerprint density at radius 1 is 1.09 bits per heavy atom. The predicted molar refractivity (Wildman–Crippen MR) is 90.4 cm³/mol. The number of methoxy groups -OCH3 is 2. The van der Waals surface area contributed by atoms with Crippen LogP contribution in [0.4, 0.5) is 5.69 Å². The van der Waals surface area contributed by atoms with Crippen molar-refractivity contribution < 1.29 is 14.3 Å². The Kier molecular flexibility index (Phi) is 4.63. The highest BCUT2D eigenvalue weighted by molar-refractivity contribution is 6.08. The summed E-state index contributed by atoms with van der Waals surface area (Å²) in [5.74, 6) is 0.853. The molecule has 0 atom stereocenters. The summed E-state index contributed by atoms with van der Waals surface area (Å²) in [6.07, 6.45) is 1.72. The van der Waals surface area contributed by atoms with Crippen LogP contribution in [0.3, 0.4) is 0 Å². The molecule has 0 spiro atoms. The van der Waals surface area contributed by atoms with Gasteiger partial charge in [-0.3, -0.25) is 4.79 Å². The molecular weight excluding hydrogens is 290 g/mol. The SMILES string of the molecule is COCCc1ccc(N2CCc3cc(OC)ccc3C2=O)cc1. The molecule has 1 amide bonds. The third kappa shape index (κ3) is 3.22. The number of carbonyl (C=O) groups excluding carboxylic acids is 1. The van der Waals surface area contributed by atoms with E-state index in [2.05, 4.69) is 12.1 Å². The largest absolute Gasteiger partial charge is 0.497 e. The average Bonchev–Trinajstić information content (AvgIpc) is 2.60. The summed E-state index contributed by atoms with van der Waals surface area (Å²) in [5.41, 5.74) is 3.98. The summed E-state index contributed by atoms with van der Waals surface area (Å²) in [7, 11) is 3.34. The number of anilines is 1. The highest BCUT2D eigenvalue weighted by atomic mass is 16.5. The van der Waals surface area contributed by atoms with Gasteiger partial charge in [-0.25, -0.2) is 0 Å². The molecule has 120 valence electrons. The molecule has 0 unspecified atom stereocenters. The maximum Gasteiger partial charge on any atom is 0.258 e. The Balaban J connectivity index is 1.80. The number of fused-ring (bicyclic) bond motifs is 1. The van der Waals surface area contributed by atoms with E-state index in [1.54, 1.807) is 14.2 Å². The zero-order valence-electron chi connectivity index (χ0n) is 13.5. The van der Waals surface area contributed by atoms with E-state index >= 15 is 0 Å². The van der Waals surface area contributed by atoms with Crippen LogP contribution in [0.2, 0.25) is 0 Å². The first kappa shape index (κ1) is 15.6. The van der Waals surface area contributed by atoms with E-state index in [1.165, 1.54) is 5.56 Å². The van der Waals surface area contributed by atoms with Crippen LogP contribution in [0.25, 0.3) is 0 Å². The molecule has 0 N–H and O–H groups in total. The molecule has 1 aliphatic rings. The van der Waals surface area contributed by atoms with Crippen molar-refractivity contribution in [3.63, 3.8) is 0 Å². The van der Waals surface area contributed by atoms with Gasteiger partial charge in [-0.1, -0.05) is 12.1 Å². The van der Waals surface area contributed by atoms with E-state index in [0.29, 0.717) is 13.2 Å². The topological polar surface area (TPSA) is 38.8 Å². The van der Waals surface area contributed by atoms with Gasteiger partial charge in [0.25, 0.3) is 5.91 Å². The lowest BCUT2D eigenvalue weighted by Crippen LogP contribution is -2.37. The van der Waals surface area contributed by atoms with Crippen molar-refractivity contribution in [1.82, 2.24) is 0 Å². The van der Waals surface area contributed by atoms with Gasteiger partial charge in [-0.2, -0.15) is 0 Å². The van der Waals surface area contributed by atoms with E-state index in [9.17, 15) is 4.79 Å². The fourth-order valence-electron chi connectivity index (χ4n) is 2.90. The van der Waals surface area contributed by atoms with Crippen molar-refractivity contribution in [3.05, 3.63) is 59.2 Å². The van der Waals surface area contributed by atoms with Crippen LogP contribution in [0.5, 0.6) is 5.75 Å². The molecule has 2 aromatic carbocycles. The number of carbonyl (C=O) groups is 1. The van der Waals surface area contributed by atoms with E-state index in [0.717, 1.165) is 35.4 Å². The van der Waals surface area contributed by atoms with Gasteiger partial charge in [-0.15, -0.1) is 0 Å². The number of hydrogen-bond donors (Lipinski definition) is 0. The first-order valence-electron chi connectivity index (χ1n) is 7.79. The Morgan fingerprint density at radius 2 is 1.87 bits per heavy atom. The van der Waals surface area contributed by atoms with Crippen molar-refractivity contribution in [2.24, 2.45) is 0 Å². The lowest BCUT2D eigenvalue weighted by atomic mass is 9.98. The molecule has 4 heteroatoms. The fraction of sp³-hybridized carbons (Fsp3) is 0.316. The molecule has 0 fully saturated rings. The van der Waals surface area contributed by atoms with Crippen LogP contribution in [0.1, 0.15) is 21.5 Å². The molecule has 0 aliphatic carbocycles. The summed E-state index contributed by atoms with van der Waals surface area (Å²) in [6, 6.07) is 13.8. The standard InChI is InChI=1S/C19H21NO3/c1-22-12-10-14-3-5-16(6-4-14)20-11-9-15-13-17(23-2)7-8-18(15)19(20)21/h3-8,13H,9-12H2,1-2H3. The Bertz CT molecular complexity index is 694. The fourth-order valence-corrected chi connectivity index (χ4v) is 2.90. The molecule has 2 aromatic rings. The highest BCUT2D eigenvalue weighted by Crippen LogP contribution is 2.27. The monoisotopic (exact) mass is 311 g/mol. The van der Waals surface area contributed by atoms with Crippen molar-refractivity contribution in [2.75, 3.05) is 32.3 Å². The van der Waals surface area contributed by atoms with Crippen molar-refractivity contribution in [1.29, 1.82) is 0 Å². The molecule has 3 rings (SSSR count). The van der Waals surface area contributed by atoms with Gasteiger partial charge < -0.3 is 14.4 Å². The minimum Gasteiger partial charge on any atom is -0.497 e. The number of hydrogen-bond acceptors (Lipinski definition) is 3. The lowest BCUT2D eigenvalue weighted by Gasteiger charge is -2.29. The third-order valence-corrected chi connectivity index (χ3v) is 4.24. The second kappa shape index (κ2) is 6.84. The van der Waals surface area contributed by atoms with Gasteiger partial charge in [-0.05, 0) is 54.3 Å². The van der Waals surface area contributed by atoms with E-state index in [-0.39, 0.29) is 5.91 Å². The molecule has 0 saturated heterocycles. The molecule has 0 bridgehead atoms. The van der Waals surface area contributed by atoms with E-state index in [4.69, 9.17) is 9.47 Å². The zero-order valence-corrected chi connectivity index (χ0v) is 13.5. The average molecular weight is 311 g/mol. The second-order valence-electron chi connectivity index (χ2n) is 5.64. The van der Waals surface area contributed by atoms with Crippen LogP contribution in [0.15, 0.2) is 42.5 Å². The molecule has 0 saturated carbocycles. The van der Waals surface area contributed by atoms with E-state index in [1.807, 2.05) is 35.2 Å². The first-order chi connectivity index (χ1) is 11.2. The molecule has 23 heavy (non-hydrogen) atoms. The second-order valence-corrected chi connectivity index (χ2v) is 5.64. The molecular formula is C19H21NO3. The quantitative estimate of drug-likeness (QED) is 0.852. The predicted octanol–water partition coefficient (Wildman–Crippen LogP) is 3.09. The maximum atomic E-state index is 12.7. The summed E-state index contributed by atoms with van der Waals surface area (Å²) in [4.78, 5) is 14.6. The highest BCUT2D eigenvalue weighted by Gasteiger charge is 2.25. The van der Waals surface area contributed by atoms with Gasteiger partial charge in [0, 0.05) is 24.9 Å². The third-order valence-electron chi connectivity index (χ3n) is 4.24. The molecule has 1 aliphatic heterocycles. The minimum absolute atomic E-state index is 0.0542. The number of amides is 1. The zero-order chi connectivity index (χ0) is 16.2. The van der Waals surface area contributed by atoms with Gasteiger partial charge in [0.15, 0.2) is 0 Å². The van der Waals surface area contributed by atoms with Crippen molar-refractivity contribution >= 4 is 11.6 Å². The van der Waals surface area contributed by atoms with Crippen LogP contribution < -0.4 is 9.64 Å². The molecule has 0 radical (unpaired) electrons. The Hall–Kier alpha value is -2.33. The number of nitrogens with zero attached hydrogens (tertiary/aromatic N) is 1. The van der Waals surface area contributed by atoms with Crippen molar-refractivity contribution in [2.45, 2.75) is 12.8 Å². The van der Waals surface area contributed by atoms with Crippen LogP contribution in [0, 0.1) is 0 Å². The van der Waals surface area contributed by atoms with Gasteiger partial charge in [0.2, 0.25) is 0 Å². The van der Waals surface area contributed by atoms with Gasteiger partial charge in [0.1, 0.15) is 5.75 Å². The summed E-state index contributed by atoms with van der Waals surface area (Å²) in [5, 5.41) is 0. The lowest BCUT2D eigenvalue weighted by molar-refractivity contribution is 0.0980. The normalized spacial score (nSPS) is 13.8. The van der Waals surface area contributed by atoms with Crippen LogP contribution >= 0.6 is 0 Å². The molecule has 1 heterocycles. The summed E-state index contributed by atoms with van der Waals surface area (Å²) in [6.45, 7) is 1.40. The van der Waals surface area contributed by atoms with Gasteiger partial charge >= 0.3 is 0 Å². The minimum atomic E-state index is 0.0542. The Morgan fingerprint density at radius 3 is 2.57 bits per heavy atom.